The zero-order chi connectivity index (χ0) is 21.2. The summed E-state index contributed by atoms with van der Waals surface area (Å²) in [6.07, 6.45) is 4.78. The highest BCUT2D eigenvalue weighted by atomic mass is 35.5. The van der Waals surface area contributed by atoms with Crippen LogP contribution in [0.3, 0.4) is 0 Å². The summed E-state index contributed by atoms with van der Waals surface area (Å²) in [5.41, 5.74) is 0.743. The molecule has 2 aliphatic heterocycles. The quantitative estimate of drug-likeness (QED) is 0.593. The summed E-state index contributed by atoms with van der Waals surface area (Å²) in [6, 6.07) is 6.18. The Bertz CT molecular complexity index is 945. The first-order valence-electron chi connectivity index (χ1n) is 9.80. The van der Waals surface area contributed by atoms with Gasteiger partial charge in [-0.3, -0.25) is 4.79 Å². The van der Waals surface area contributed by atoms with Gasteiger partial charge in [-0.2, -0.15) is 4.31 Å². The van der Waals surface area contributed by atoms with Crippen molar-refractivity contribution in [3.05, 3.63) is 29.8 Å². The highest BCUT2D eigenvalue weighted by Crippen LogP contribution is 2.19. The summed E-state index contributed by atoms with van der Waals surface area (Å²) >= 11 is 0. The number of likely N-dealkylation sites (tertiary alicyclic amines) is 1. The van der Waals surface area contributed by atoms with E-state index in [1.165, 1.54) is 22.7 Å². The zero-order valence-electron chi connectivity index (χ0n) is 17.4. The number of sulfone groups is 1. The summed E-state index contributed by atoms with van der Waals surface area (Å²) in [4.78, 5) is 17.3. The van der Waals surface area contributed by atoms with E-state index in [9.17, 15) is 21.6 Å². The van der Waals surface area contributed by atoms with Crippen molar-refractivity contribution in [3.8, 4) is 0 Å². The normalized spacial score (nSPS) is 21.4. The van der Waals surface area contributed by atoms with E-state index in [1.807, 2.05) is 0 Å². The number of piperazine rings is 1. The lowest BCUT2D eigenvalue weighted by Gasteiger charge is -2.42. The molecule has 0 N–H and O–H groups in total. The molecular weight excluding hydrogens is 450 g/mol. The third-order valence-corrected chi connectivity index (χ3v) is 8.01. The predicted molar refractivity (Wildman–Crippen MR) is 118 cm³/mol. The second-order valence-electron chi connectivity index (χ2n) is 7.96. The molecule has 1 aromatic rings. The van der Waals surface area contributed by atoms with Crippen molar-refractivity contribution in [2.24, 2.45) is 0 Å². The van der Waals surface area contributed by atoms with Crippen molar-refractivity contribution in [3.63, 3.8) is 0 Å². The van der Waals surface area contributed by atoms with Crippen LogP contribution in [0.5, 0.6) is 0 Å². The first kappa shape index (κ1) is 25.1. The summed E-state index contributed by atoms with van der Waals surface area (Å²) in [5, 5.41) is 0. The number of nitrogens with zero attached hydrogens (tertiary/aromatic N) is 3. The van der Waals surface area contributed by atoms with Gasteiger partial charge in [0, 0.05) is 32.4 Å². The van der Waals surface area contributed by atoms with Crippen LogP contribution in [0.25, 0.3) is 0 Å². The lowest BCUT2D eigenvalue weighted by Crippen LogP contribution is -2.59. The average molecular weight is 480 g/mol. The molecule has 30 heavy (non-hydrogen) atoms. The highest BCUT2D eigenvalue weighted by molar-refractivity contribution is 7.90. The van der Waals surface area contributed by atoms with Crippen LogP contribution in [0.2, 0.25) is 0 Å². The second-order valence-corrected chi connectivity index (χ2v) is 12.0. The number of benzene rings is 1. The number of amides is 1. The van der Waals surface area contributed by atoms with E-state index in [1.54, 1.807) is 17.0 Å². The predicted octanol–water partition coefficient (Wildman–Crippen LogP) is 0.623. The standard InChI is InChI=1S/C19H29N3O5S2.ClH/c1-28(24,25)18-7-5-16(6-8-18)13-19(23)22-12-11-21(29(2,26)27)15-17(22)14-20-9-3-4-10-20;/h5-8,17H,3-4,9-15H2,1-2H3;1H. The molecular formula is C19H30ClN3O5S2. The summed E-state index contributed by atoms with van der Waals surface area (Å²) < 4.78 is 48.7. The van der Waals surface area contributed by atoms with Crippen molar-refractivity contribution >= 4 is 38.2 Å². The molecule has 8 nitrogen and oxygen atoms in total. The molecule has 0 aliphatic carbocycles. The number of halogens is 1. The molecule has 0 bridgehead atoms. The van der Waals surface area contributed by atoms with Crippen molar-refractivity contribution in [2.75, 3.05) is 51.8 Å². The van der Waals surface area contributed by atoms with Gasteiger partial charge in [0.05, 0.1) is 23.6 Å². The van der Waals surface area contributed by atoms with Gasteiger partial charge in [0.25, 0.3) is 0 Å². The minimum atomic E-state index is -3.30. The van der Waals surface area contributed by atoms with Gasteiger partial charge < -0.3 is 9.80 Å². The maximum Gasteiger partial charge on any atom is 0.227 e. The second kappa shape index (κ2) is 9.95. The fraction of sp³-hybridized carbons (Fsp3) is 0.632. The Labute approximate surface area is 185 Å². The largest absolute Gasteiger partial charge is 0.335 e. The SMILES string of the molecule is CS(=O)(=O)c1ccc(CC(=O)N2CCN(S(C)(=O)=O)CC2CN2CCCC2)cc1.Cl. The lowest BCUT2D eigenvalue weighted by molar-refractivity contribution is -0.135. The number of hydrogen-bond donors (Lipinski definition) is 0. The van der Waals surface area contributed by atoms with E-state index in [0.29, 0.717) is 26.2 Å². The number of carbonyl (C=O) groups is 1. The number of carbonyl (C=O) groups excluding carboxylic acids is 1. The first-order chi connectivity index (χ1) is 13.5. The van der Waals surface area contributed by atoms with E-state index < -0.39 is 19.9 Å². The Hall–Kier alpha value is -1.20. The minimum Gasteiger partial charge on any atom is -0.335 e. The molecule has 11 heteroatoms. The Morgan fingerprint density at radius 2 is 1.57 bits per heavy atom. The van der Waals surface area contributed by atoms with Gasteiger partial charge in [0.15, 0.2) is 9.84 Å². The molecule has 2 aliphatic rings. The molecule has 2 saturated heterocycles. The third kappa shape index (κ3) is 6.40. The minimum absolute atomic E-state index is 0. The van der Waals surface area contributed by atoms with Gasteiger partial charge in [-0.25, -0.2) is 16.8 Å². The number of rotatable bonds is 6. The van der Waals surface area contributed by atoms with E-state index in [0.717, 1.165) is 37.8 Å². The van der Waals surface area contributed by atoms with Gasteiger partial charge >= 0.3 is 0 Å². The van der Waals surface area contributed by atoms with Crippen molar-refractivity contribution < 1.29 is 21.6 Å². The molecule has 0 saturated carbocycles. The topological polar surface area (TPSA) is 95.1 Å². The molecule has 1 amide bonds. The van der Waals surface area contributed by atoms with Gasteiger partial charge in [0.2, 0.25) is 15.9 Å². The Morgan fingerprint density at radius 1 is 0.967 bits per heavy atom. The summed E-state index contributed by atoms with van der Waals surface area (Å²) in [7, 11) is -6.57. The van der Waals surface area contributed by atoms with Gasteiger partial charge in [-0.15, -0.1) is 12.4 Å². The van der Waals surface area contributed by atoms with Crippen LogP contribution in [-0.4, -0.2) is 94.7 Å². The summed E-state index contributed by atoms with van der Waals surface area (Å²) in [6.45, 7) is 3.60. The van der Waals surface area contributed by atoms with Crippen molar-refractivity contribution in [1.82, 2.24) is 14.1 Å². The van der Waals surface area contributed by atoms with Crippen LogP contribution in [0, 0.1) is 0 Å². The zero-order valence-corrected chi connectivity index (χ0v) is 19.8. The number of hydrogen-bond acceptors (Lipinski definition) is 6. The first-order valence-corrected chi connectivity index (χ1v) is 13.5. The average Bonchev–Trinajstić information content (AvgIpc) is 3.13. The van der Waals surface area contributed by atoms with E-state index in [4.69, 9.17) is 0 Å². The van der Waals surface area contributed by atoms with Crippen LogP contribution >= 0.6 is 12.4 Å². The van der Waals surface area contributed by atoms with E-state index in [2.05, 4.69) is 4.90 Å². The van der Waals surface area contributed by atoms with E-state index in [-0.39, 0.29) is 35.7 Å². The Kier molecular flexibility index (Phi) is 8.31. The Morgan fingerprint density at radius 3 is 2.10 bits per heavy atom. The summed E-state index contributed by atoms with van der Waals surface area (Å²) in [5.74, 6) is -0.0607. The Balaban J connectivity index is 0.00000320. The molecule has 3 rings (SSSR count). The molecule has 1 atom stereocenters. The molecule has 2 fully saturated rings. The maximum absolute atomic E-state index is 13.0. The lowest BCUT2D eigenvalue weighted by atomic mass is 10.1. The molecule has 170 valence electrons. The van der Waals surface area contributed by atoms with Crippen LogP contribution in [0.1, 0.15) is 18.4 Å². The van der Waals surface area contributed by atoms with Crippen molar-refractivity contribution in [2.45, 2.75) is 30.2 Å². The number of sulfonamides is 1. The molecule has 0 radical (unpaired) electrons. The van der Waals surface area contributed by atoms with Crippen molar-refractivity contribution in [1.29, 1.82) is 0 Å². The molecule has 2 heterocycles. The molecule has 1 aromatic carbocycles. The fourth-order valence-corrected chi connectivity index (χ4v) is 5.49. The third-order valence-electron chi connectivity index (χ3n) is 5.61. The van der Waals surface area contributed by atoms with Crippen LogP contribution in [0.15, 0.2) is 29.2 Å². The molecule has 1 unspecified atom stereocenters. The van der Waals surface area contributed by atoms with Crippen LogP contribution in [0.4, 0.5) is 0 Å². The van der Waals surface area contributed by atoms with Gasteiger partial charge in [-0.1, -0.05) is 12.1 Å². The monoisotopic (exact) mass is 479 g/mol. The fourth-order valence-electron chi connectivity index (χ4n) is 4.01. The maximum atomic E-state index is 13.0. The smallest absolute Gasteiger partial charge is 0.227 e. The highest BCUT2D eigenvalue weighted by Gasteiger charge is 2.35. The molecule has 0 aromatic heterocycles. The van der Waals surface area contributed by atoms with Gasteiger partial charge in [-0.05, 0) is 43.6 Å². The van der Waals surface area contributed by atoms with Crippen LogP contribution in [-0.2, 0) is 31.1 Å². The van der Waals surface area contributed by atoms with Crippen LogP contribution < -0.4 is 0 Å². The molecule has 0 spiro atoms. The van der Waals surface area contributed by atoms with Gasteiger partial charge in [0.1, 0.15) is 0 Å². The van der Waals surface area contributed by atoms with E-state index >= 15 is 0 Å².